The quantitative estimate of drug-likeness (QED) is 0.622. The van der Waals surface area contributed by atoms with Gasteiger partial charge >= 0.3 is 5.82 Å². The van der Waals surface area contributed by atoms with Crippen LogP contribution in [0.15, 0.2) is 24.7 Å². The Hall–Kier alpha value is -2.64. The molecule has 1 N–H and O–H groups in total. The van der Waals surface area contributed by atoms with Crippen LogP contribution in [0.5, 0.6) is 5.88 Å². The molecule has 8 nitrogen and oxygen atoms in total. The second-order valence-corrected chi connectivity index (χ2v) is 5.40. The van der Waals surface area contributed by atoms with Crippen LogP contribution in [0.4, 0.5) is 11.6 Å². The summed E-state index contributed by atoms with van der Waals surface area (Å²) in [6, 6.07) is 3.69. The van der Waals surface area contributed by atoms with E-state index in [2.05, 4.69) is 15.3 Å². The number of hydrogen-bond acceptors (Lipinski definition) is 6. The van der Waals surface area contributed by atoms with Crippen LogP contribution in [0.25, 0.3) is 0 Å². The van der Waals surface area contributed by atoms with Crippen LogP contribution < -0.4 is 10.1 Å². The Morgan fingerprint density at radius 2 is 2.32 bits per heavy atom. The van der Waals surface area contributed by atoms with E-state index < -0.39 is 4.92 Å². The van der Waals surface area contributed by atoms with Gasteiger partial charge in [0.15, 0.2) is 0 Å². The van der Waals surface area contributed by atoms with Crippen molar-refractivity contribution < 1.29 is 9.66 Å². The standard InChI is InChI=1S/C14H17N5O3/c1-18-9-17-14(19(20)21)13(18)16-7-11-4-5-15-12(6-11)22-8-10-2-3-10/h4-6,9-10,16H,2-3,7-8H2,1H3. The molecule has 0 atom stereocenters. The lowest BCUT2D eigenvalue weighted by atomic mass is 10.2. The molecule has 0 radical (unpaired) electrons. The molecule has 0 aromatic carbocycles. The molecule has 1 aliphatic rings. The van der Waals surface area contributed by atoms with Gasteiger partial charge < -0.3 is 20.2 Å². The van der Waals surface area contributed by atoms with Crippen LogP contribution in [-0.2, 0) is 13.6 Å². The predicted octanol–water partition coefficient (Wildman–Crippen LogP) is 2.12. The van der Waals surface area contributed by atoms with E-state index in [1.165, 1.54) is 19.2 Å². The summed E-state index contributed by atoms with van der Waals surface area (Å²) in [5, 5.41) is 14.0. The number of pyridine rings is 1. The Morgan fingerprint density at radius 1 is 1.50 bits per heavy atom. The van der Waals surface area contributed by atoms with Gasteiger partial charge in [-0.05, 0) is 40.3 Å². The number of nitro groups is 1. The van der Waals surface area contributed by atoms with E-state index in [1.54, 1.807) is 17.8 Å². The molecule has 1 fully saturated rings. The highest BCUT2D eigenvalue weighted by atomic mass is 16.6. The highest BCUT2D eigenvalue weighted by molar-refractivity contribution is 5.52. The van der Waals surface area contributed by atoms with Gasteiger partial charge in [0.2, 0.25) is 18.0 Å². The van der Waals surface area contributed by atoms with Crippen molar-refractivity contribution in [1.82, 2.24) is 14.5 Å². The first kappa shape index (κ1) is 14.3. The number of imidazole rings is 1. The fourth-order valence-corrected chi connectivity index (χ4v) is 2.07. The third-order valence-corrected chi connectivity index (χ3v) is 3.51. The summed E-state index contributed by atoms with van der Waals surface area (Å²) >= 11 is 0. The molecule has 0 unspecified atom stereocenters. The number of ether oxygens (including phenoxy) is 1. The van der Waals surface area contributed by atoms with Crippen LogP contribution in [0.3, 0.4) is 0 Å². The topological polar surface area (TPSA) is 95.1 Å². The fourth-order valence-electron chi connectivity index (χ4n) is 2.07. The van der Waals surface area contributed by atoms with Gasteiger partial charge in [-0.3, -0.25) is 4.57 Å². The molecule has 22 heavy (non-hydrogen) atoms. The minimum absolute atomic E-state index is 0.179. The lowest BCUT2D eigenvalue weighted by molar-refractivity contribution is -0.388. The molecule has 2 aromatic rings. The Balaban J connectivity index is 1.64. The molecule has 0 saturated heterocycles. The summed E-state index contributed by atoms with van der Waals surface area (Å²) in [6.45, 7) is 1.14. The number of rotatable bonds is 7. The third kappa shape index (κ3) is 3.33. The normalized spacial score (nSPS) is 13.9. The molecular weight excluding hydrogens is 286 g/mol. The molecular formula is C14H17N5O3. The van der Waals surface area contributed by atoms with E-state index >= 15 is 0 Å². The Bertz CT molecular complexity index is 681. The second-order valence-electron chi connectivity index (χ2n) is 5.40. The number of aryl methyl sites for hydroxylation is 1. The molecule has 0 amide bonds. The van der Waals surface area contributed by atoms with E-state index in [0.717, 1.165) is 5.56 Å². The average molecular weight is 303 g/mol. The fraction of sp³-hybridized carbons (Fsp3) is 0.429. The first-order valence-corrected chi connectivity index (χ1v) is 7.11. The zero-order valence-electron chi connectivity index (χ0n) is 12.2. The average Bonchev–Trinajstić information content (AvgIpc) is 3.26. The first-order valence-electron chi connectivity index (χ1n) is 7.11. The number of aromatic nitrogens is 3. The number of hydrogen-bond donors (Lipinski definition) is 1. The van der Waals surface area contributed by atoms with E-state index in [-0.39, 0.29) is 5.82 Å². The first-order chi connectivity index (χ1) is 10.6. The number of nitrogens with zero attached hydrogens (tertiary/aromatic N) is 4. The predicted molar refractivity (Wildman–Crippen MR) is 79.6 cm³/mol. The van der Waals surface area contributed by atoms with Gasteiger partial charge in [0.05, 0.1) is 6.61 Å². The summed E-state index contributed by atoms with van der Waals surface area (Å²) in [4.78, 5) is 18.4. The van der Waals surface area contributed by atoms with Crippen LogP contribution in [0.1, 0.15) is 18.4 Å². The van der Waals surface area contributed by atoms with Crippen LogP contribution in [-0.4, -0.2) is 26.1 Å². The monoisotopic (exact) mass is 303 g/mol. The molecule has 1 saturated carbocycles. The molecule has 116 valence electrons. The maximum Gasteiger partial charge on any atom is 0.406 e. The summed E-state index contributed by atoms with van der Waals surface area (Å²) < 4.78 is 7.22. The largest absolute Gasteiger partial charge is 0.477 e. The zero-order valence-corrected chi connectivity index (χ0v) is 12.2. The van der Waals surface area contributed by atoms with E-state index in [1.807, 2.05) is 12.1 Å². The smallest absolute Gasteiger partial charge is 0.406 e. The van der Waals surface area contributed by atoms with Crippen LogP contribution in [0, 0.1) is 16.0 Å². The third-order valence-electron chi connectivity index (χ3n) is 3.51. The van der Waals surface area contributed by atoms with E-state index in [0.29, 0.717) is 30.8 Å². The SMILES string of the molecule is Cn1cnc([N+](=O)[O-])c1NCc1ccnc(OCC2CC2)c1. The van der Waals surface area contributed by atoms with Gasteiger partial charge in [0.25, 0.3) is 0 Å². The highest BCUT2D eigenvalue weighted by Crippen LogP contribution is 2.29. The lowest BCUT2D eigenvalue weighted by Gasteiger charge is -2.08. The van der Waals surface area contributed by atoms with Crippen molar-refractivity contribution in [3.05, 3.63) is 40.3 Å². The van der Waals surface area contributed by atoms with Gasteiger partial charge in [0.1, 0.15) is 0 Å². The highest BCUT2D eigenvalue weighted by Gasteiger charge is 2.22. The van der Waals surface area contributed by atoms with Crippen molar-refractivity contribution in [2.45, 2.75) is 19.4 Å². The number of nitrogens with one attached hydrogen (secondary N) is 1. The second kappa shape index (κ2) is 6.00. The van der Waals surface area contributed by atoms with Crippen molar-refractivity contribution in [2.24, 2.45) is 13.0 Å². The van der Waals surface area contributed by atoms with E-state index in [4.69, 9.17) is 4.74 Å². The van der Waals surface area contributed by atoms with Gasteiger partial charge in [0, 0.05) is 25.9 Å². The lowest BCUT2D eigenvalue weighted by Crippen LogP contribution is -2.07. The summed E-state index contributed by atoms with van der Waals surface area (Å²) in [5.41, 5.74) is 0.941. The van der Waals surface area contributed by atoms with Gasteiger partial charge in [-0.1, -0.05) is 0 Å². The van der Waals surface area contributed by atoms with Crippen molar-refractivity contribution in [1.29, 1.82) is 0 Å². The van der Waals surface area contributed by atoms with Crippen molar-refractivity contribution >= 4 is 11.6 Å². The molecule has 0 aliphatic heterocycles. The van der Waals surface area contributed by atoms with Gasteiger partial charge in [-0.2, -0.15) is 0 Å². The minimum atomic E-state index is -0.501. The molecule has 8 heteroatoms. The molecule has 0 bridgehead atoms. The van der Waals surface area contributed by atoms with E-state index in [9.17, 15) is 10.1 Å². The Morgan fingerprint density at radius 3 is 3.05 bits per heavy atom. The minimum Gasteiger partial charge on any atom is -0.477 e. The molecule has 1 aliphatic carbocycles. The maximum absolute atomic E-state index is 10.9. The molecule has 2 heterocycles. The summed E-state index contributed by atoms with van der Waals surface area (Å²) in [7, 11) is 1.71. The molecule has 0 spiro atoms. The maximum atomic E-state index is 10.9. The summed E-state index contributed by atoms with van der Waals surface area (Å²) in [6.07, 6.45) is 5.55. The Labute approximate surface area is 127 Å². The van der Waals surface area contributed by atoms with Crippen molar-refractivity contribution in [3.63, 3.8) is 0 Å². The Kier molecular flexibility index (Phi) is 3.90. The zero-order chi connectivity index (χ0) is 15.5. The number of anilines is 1. The van der Waals surface area contributed by atoms with Crippen molar-refractivity contribution in [2.75, 3.05) is 11.9 Å². The summed E-state index contributed by atoms with van der Waals surface area (Å²) in [5.74, 6) is 1.45. The molecule has 2 aromatic heterocycles. The van der Waals surface area contributed by atoms with Crippen LogP contribution in [0.2, 0.25) is 0 Å². The van der Waals surface area contributed by atoms with Gasteiger partial charge in [-0.15, -0.1) is 0 Å². The van der Waals surface area contributed by atoms with Crippen LogP contribution >= 0.6 is 0 Å². The van der Waals surface area contributed by atoms with Gasteiger partial charge in [-0.25, -0.2) is 4.98 Å². The molecule has 3 rings (SSSR count). The van der Waals surface area contributed by atoms with Crippen molar-refractivity contribution in [3.8, 4) is 5.88 Å².